The van der Waals surface area contributed by atoms with Gasteiger partial charge < -0.3 is 24.4 Å². The van der Waals surface area contributed by atoms with Crippen LogP contribution in [0.4, 0.5) is 5.69 Å². The lowest BCUT2D eigenvalue weighted by atomic mass is 10.1. The maximum Gasteiger partial charge on any atom is 0.250 e. The average Bonchev–Trinajstić information content (AvgIpc) is 2.88. The van der Waals surface area contributed by atoms with Gasteiger partial charge in [0.15, 0.2) is 11.5 Å². The fourth-order valence-corrected chi connectivity index (χ4v) is 4.48. The lowest BCUT2D eigenvalue weighted by Gasteiger charge is -2.36. The first kappa shape index (κ1) is 21.6. The Balaban J connectivity index is 1.000. The summed E-state index contributed by atoms with van der Waals surface area (Å²) in [4.78, 5) is 17.4. The zero-order valence-electron chi connectivity index (χ0n) is 18.9. The fraction of sp³-hybridized carbons (Fsp3) is 0.423. The number of hydrogen-bond acceptors (Lipinski definition) is 6. The summed E-state index contributed by atoms with van der Waals surface area (Å²) in [6.45, 7) is 7.42. The third-order valence-corrected chi connectivity index (χ3v) is 6.37. The minimum absolute atomic E-state index is 0.0300. The van der Waals surface area contributed by atoms with Crippen molar-refractivity contribution < 1.29 is 19.0 Å². The number of benzene rings is 2. The molecule has 0 unspecified atom stereocenters. The van der Waals surface area contributed by atoms with Gasteiger partial charge in [-0.15, -0.1) is 0 Å². The number of fused-ring (bicyclic) bond motifs is 2. The molecule has 7 heteroatoms. The molecule has 0 aliphatic carbocycles. The van der Waals surface area contributed by atoms with Crippen LogP contribution < -0.4 is 24.4 Å². The van der Waals surface area contributed by atoms with E-state index in [0.717, 1.165) is 68.4 Å². The topological polar surface area (TPSA) is 63.3 Å². The first-order chi connectivity index (χ1) is 16.3. The molecule has 0 aromatic heterocycles. The van der Waals surface area contributed by atoms with Gasteiger partial charge >= 0.3 is 0 Å². The van der Waals surface area contributed by atoms with E-state index < -0.39 is 0 Å². The largest absolute Gasteiger partial charge is 0.488 e. The quantitative estimate of drug-likeness (QED) is 0.656. The number of amides is 1. The van der Waals surface area contributed by atoms with Crippen molar-refractivity contribution in [1.82, 2.24) is 10.2 Å². The van der Waals surface area contributed by atoms with E-state index in [9.17, 15) is 4.79 Å². The third-order valence-electron chi connectivity index (χ3n) is 6.37. The van der Waals surface area contributed by atoms with Crippen molar-refractivity contribution in [2.75, 3.05) is 64.0 Å². The number of ether oxygens (including phenoxy) is 3. The van der Waals surface area contributed by atoms with Gasteiger partial charge in [0.05, 0.1) is 5.57 Å². The molecule has 1 N–H and O–H groups in total. The van der Waals surface area contributed by atoms with Gasteiger partial charge in [-0.3, -0.25) is 9.69 Å². The molecule has 1 amide bonds. The van der Waals surface area contributed by atoms with E-state index in [0.29, 0.717) is 31.9 Å². The highest BCUT2D eigenvalue weighted by molar-refractivity contribution is 5.99. The number of unbranched alkanes of at least 4 members (excludes halogenated alkanes) is 1. The van der Waals surface area contributed by atoms with Crippen molar-refractivity contribution in [1.29, 1.82) is 0 Å². The van der Waals surface area contributed by atoms with Crippen LogP contribution in [0.5, 0.6) is 17.2 Å². The molecule has 0 radical (unpaired) electrons. The molecular formula is C26H31N3O4. The van der Waals surface area contributed by atoms with Crippen LogP contribution in [0.15, 0.2) is 48.0 Å². The Hall–Kier alpha value is -3.19. The zero-order chi connectivity index (χ0) is 22.5. The molecule has 0 saturated carbocycles. The van der Waals surface area contributed by atoms with Crippen LogP contribution in [0.1, 0.15) is 18.4 Å². The van der Waals surface area contributed by atoms with Crippen LogP contribution in [-0.2, 0) is 4.79 Å². The van der Waals surface area contributed by atoms with Crippen LogP contribution >= 0.6 is 0 Å². The van der Waals surface area contributed by atoms with Gasteiger partial charge in [-0.2, -0.15) is 0 Å². The van der Waals surface area contributed by atoms with Crippen LogP contribution in [0.3, 0.4) is 0 Å². The molecule has 174 valence electrons. The Morgan fingerprint density at radius 2 is 1.70 bits per heavy atom. The third kappa shape index (κ3) is 5.25. The van der Waals surface area contributed by atoms with Gasteiger partial charge in [0.2, 0.25) is 0 Å². The molecule has 7 nitrogen and oxygen atoms in total. The summed E-state index contributed by atoms with van der Waals surface area (Å²) < 4.78 is 17.0. The van der Waals surface area contributed by atoms with E-state index in [-0.39, 0.29) is 5.91 Å². The number of carbonyl (C=O) groups is 1. The van der Waals surface area contributed by atoms with Crippen LogP contribution in [0.25, 0.3) is 6.08 Å². The van der Waals surface area contributed by atoms with E-state index >= 15 is 0 Å². The second-order valence-corrected chi connectivity index (χ2v) is 8.62. The molecule has 0 atom stereocenters. The average molecular weight is 450 g/mol. The van der Waals surface area contributed by atoms with Crippen LogP contribution in [0, 0.1) is 0 Å². The maximum absolute atomic E-state index is 12.4. The summed E-state index contributed by atoms with van der Waals surface area (Å²) in [7, 11) is 0. The van der Waals surface area contributed by atoms with E-state index in [1.54, 1.807) is 0 Å². The Bertz CT molecular complexity index is 1010. The number of carbonyl (C=O) groups excluding carboxylic acids is 1. The van der Waals surface area contributed by atoms with E-state index in [2.05, 4.69) is 27.2 Å². The van der Waals surface area contributed by atoms with Gasteiger partial charge in [0, 0.05) is 50.0 Å². The summed E-state index contributed by atoms with van der Waals surface area (Å²) in [6, 6.07) is 14.0. The minimum Gasteiger partial charge on any atom is -0.488 e. The number of nitrogens with one attached hydrogen (secondary N) is 1. The molecule has 1 saturated heterocycles. The highest BCUT2D eigenvalue weighted by Gasteiger charge is 2.20. The van der Waals surface area contributed by atoms with Crippen molar-refractivity contribution in [2.24, 2.45) is 0 Å². The molecule has 5 rings (SSSR count). The highest BCUT2D eigenvalue weighted by atomic mass is 16.6. The predicted molar refractivity (Wildman–Crippen MR) is 128 cm³/mol. The predicted octanol–water partition coefficient (Wildman–Crippen LogP) is 2.95. The Morgan fingerprint density at radius 3 is 2.58 bits per heavy atom. The second kappa shape index (κ2) is 10.2. The first-order valence-corrected chi connectivity index (χ1v) is 11.8. The number of anilines is 1. The molecule has 3 aliphatic heterocycles. The van der Waals surface area contributed by atoms with E-state index in [4.69, 9.17) is 14.2 Å². The molecule has 33 heavy (non-hydrogen) atoms. The smallest absolute Gasteiger partial charge is 0.250 e. The van der Waals surface area contributed by atoms with Crippen molar-refractivity contribution in [3.8, 4) is 17.2 Å². The molecule has 2 aromatic rings. The van der Waals surface area contributed by atoms with Crippen molar-refractivity contribution in [3.63, 3.8) is 0 Å². The van der Waals surface area contributed by atoms with Gasteiger partial charge in [-0.1, -0.05) is 18.2 Å². The van der Waals surface area contributed by atoms with Gasteiger partial charge in [0.25, 0.3) is 5.91 Å². The summed E-state index contributed by atoms with van der Waals surface area (Å²) in [6.07, 6.45) is 3.97. The number of rotatable bonds is 7. The summed E-state index contributed by atoms with van der Waals surface area (Å²) in [5, 5.41) is 3.04. The first-order valence-electron chi connectivity index (χ1n) is 11.8. The normalized spacial score (nSPS) is 17.6. The molecule has 3 heterocycles. The summed E-state index contributed by atoms with van der Waals surface area (Å²) in [5.41, 5.74) is 2.85. The van der Waals surface area contributed by atoms with Crippen molar-refractivity contribution in [3.05, 3.63) is 53.6 Å². The number of piperazine rings is 1. The number of hydrogen-bond donors (Lipinski definition) is 1. The van der Waals surface area contributed by atoms with Crippen LogP contribution in [0.2, 0.25) is 0 Å². The summed E-state index contributed by atoms with van der Waals surface area (Å²) >= 11 is 0. The van der Waals surface area contributed by atoms with Gasteiger partial charge in [-0.25, -0.2) is 0 Å². The van der Waals surface area contributed by atoms with Gasteiger partial charge in [0.1, 0.15) is 25.6 Å². The van der Waals surface area contributed by atoms with Crippen LogP contribution in [-0.4, -0.2) is 69.9 Å². The molecule has 2 aromatic carbocycles. The number of nitrogens with zero attached hydrogens (tertiary/aromatic N) is 2. The molecule has 3 aliphatic rings. The summed E-state index contributed by atoms with van der Waals surface area (Å²) in [5.74, 6) is 2.50. The maximum atomic E-state index is 12.4. The van der Waals surface area contributed by atoms with Gasteiger partial charge in [-0.05, 0) is 43.7 Å². The lowest BCUT2D eigenvalue weighted by Crippen LogP contribution is -2.46. The SMILES string of the molecule is O=C(NCCCCN1CCN(c2ccc3c(c2)OCCO3)CC1)C1=Cc2ccccc2OC1. The minimum atomic E-state index is -0.0300. The zero-order valence-corrected chi connectivity index (χ0v) is 18.9. The number of para-hydroxylation sites is 1. The fourth-order valence-electron chi connectivity index (χ4n) is 4.48. The Labute approximate surface area is 194 Å². The molecule has 0 spiro atoms. The lowest BCUT2D eigenvalue weighted by molar-refractivity contribution is -0.117. The van der Waals surface area contributed by atoms with Crippen molar-refractivity contribution >= 4 is 17.7 Å². The monoisotopic (exact) mass is 449 g/mol. The highest BCUT2D eigenvalue weighted by Crippen LogP contribution is 2.34. The molecule has 1 fully saturated rings. The standard InChI is InChI=1S/C26H31N3O4/c30-26(21-17-20-5-1-2-6-23(20)33-19-21)27-9-3-4-10-28-11-13-29(14-12-28)22-7-8-24-25(18-22)32-16-15-31-24/h1-2,5-8,17-18H,3-4,9-16,19H2,(H,27,30). The van der Waals surface area contributed by atoms with E-state index in [1.807, 2.05) is 36.4 Å². The van der Waals surface area contributed by atoms with Crippen molar-refractivity contribution in [2.45, 2.75) is 12.8 Å². The Kier molecular flexibility index (Phi) is 6.67. The molecule has 0 bridgehead atoms. The van der Waals surface area contributed by atoms with E-state index in [1.165, 1.54) is 5.69 Å². The molecular weight excluding hydrogens is 418 g/mol. The Morgan fingerprint density at radius 1 is 0.879 bits per heavy atom. The second-order valence-electron chi connectivity index (χ2n) is 8.62.